The fourth-order valence-corrected chi connectivity index (χ4v) is 4.41. The van der Waals surface area contributed by atoms with Crippen molar-refractivity contribution in [2.24, 2.45) is 0 Å². The van der Waals surface area contributed by atoms with Crippen LogP contribution in [0, 0.1) is 0 Å². The summed E-state index contributed by atoms with van der Waals surface area (Å²) in [5.74, 6) is 0.422. The van der Waals surface area contributed by atoms with E-state index in [0.717, 1.165) is 24.0 Å². The number of hydrogen-bond donors (Lipinski definition) is 1. The number of carbonyl (C=O) groups is 1. The smallest absolute Gasteiger partial charge is 0.275 e. The molecule has 1 amide bonds. The van der Waals surface area contributed by atoms with Gasteiger partial charge in [0.15, 0.2) is 5.69 Å². The highest BCUT2D eigenvalue weighted by Crippen LogP contribution is 2.20. The Balaban J connectivity index is 1.30. The lowest BCUT2D eigenvalue weighted by Gasteiger charge is -2.25. The van der Waals surface area contributed by atoms with Gasteiger partial charge in [-0.25, -0.2) is 4.98 Å². The van der Waals surface area contributed by atoms with Gasteiger partial charge >= 0.3 is 0 Å². The number of para-hydroxylation sites is 1. The molecule has 1 fully saturated rings. The summed E-state index contributed by atoms with van der Waals surface area (Å²) in [4.78, 5) is 24.6. The highest BCUT2D eigenvalue weighted by molar-refractivity contribution is 6.30. The largest absolute Gasteiger partial charge is 0.447 e. The molecule has 0 spiro atoms. The Morgan fingerprint density at radius 3 is 2.71 bits per heavy atom. The van der Waals surface area contributed by atoms with E-state index in [-0.39, 0.29) is 5.91 Å². The fourth-order valence-electron chi connectivity index (χ4n) is 4.28. The minimum atomic E-state index is -0.110. The number of fused-ring (bicyclic) bond motifs is 1. The Morgan fingerprint density at radius 1 is 1.09 bits per heavy atom. The number of amides is 1. The first kappa shape index (κ1) is 22.7. The average molecular weight is 479 g/mol. The van der Waals surface area contributed by atoms with Gasteiger partial charge in [-0.15, -0.1) is 0 Å². The number of carbonyl (C=O) groups excluding carboxylic acids is 1. The van der Waals surface area contributed by atoms with E-state index in [0.29, 0.717) is 56.0 Å². The molecule has 0 unspecified atom stereocenters. The van der Waals surface area contributed by atoms with Crippen LogP contribution in [-0.2, 0) is 24.2 Å². The van der Waals surface area contributed by atoms with Crippen LogP contribution in [0.5, 0.6) is 0 Å². The van der Waals surface area contributed by atoms with Crippen molar-refractivity contribution in [3.8, 4) is 0 Å². The number of aromatic nitrogens is 2. The Kier molecular flexibility index (Phi) is 6.94. The predicted octanol–water partition coefficient (Wildman–Crippen LogP) is 4.53. The van der Waals surface area contributed by atoms with E-state index in [1.54, 1.807) is 4.90 Å². The second-order valence-corrected chi connectivity index (χ2v) is 8.91. The molecule has 4 aromatic rings. The Bertz CT molecular complexity index is 1240. The molecule has 0 saturated carbocycles. The number of aromatic amines is 1. The van der Waals surface area contributed by atoms with E-state index in [9.17, 15) is 4.79 Å². The zero-order valence-corrected chi connectivity index (χ0v) is 19.6. The maximum Gasteiger partial charge on any atom is 0.275 e. The van der Waals surface area contributed by atoms with Crippen LogP contribution in [0.15, 0.2) is 65.4 Å². The number of oxazole rings is 1. The topological polar surface area (TPSA) is 74.6 Å². The lowest BCUT2D eigenvalue weighted by molar-refractivity contribution is 0.0299. The van der Waals surface area contributed by atoms with E-state index < -0.39 is 0 Å². The molecular weight excluding hydrogens is 452 g/mol. The summed E-state index contributed by atoms with van der Waals surface area (Å²) in [5.41, 5.74) is 3.91. The van der Waals surface area contributed by atoms with E-state index >= 15 is 0 Å². The van der Waals surface area contributed by atoms with Crippen LogP contribution in [0.3, 0.4) is 0 Å². The minimum Gasteiger partial charge on any atom is -0.447 e. The molecule has 34 heavy (non-hydrogen) atoms. The molecule has 176 valence electrons. The zero-order valence-electron chi connectivity index (χ0n) is 18.9. The van der Waals surface area contributed by atoms with Crippen molar-refractivity contribution in [3.63, 3.8) is 0 Å². The average Bonchev–Trinajstić information content (AvgIpc) is 3.51. The lowest BCUT2D eigenvalue weighted by atomic mass is 10.1. The number of rotatable bonds is 8. The van der Waals surface area contributed by atoms with E-state index in [4.69, 9.17) is 20.8 Å². The maximum absolute atomic E-state index is 12.7. The molecule has 0 aliphatic carbocycles. The first-order valence-corrected chi connectivity index (χ1v) is 11.9. The highest BCUT2D eigenvalue weighted by atomic mass is 35.5. The third kappa shape index (κ3) is 5.33. The summed E-state index contributed by atoms with van der Waals surface area (Å²) in [6, 6.07) is 16.2. The highest BCUT2D eigenvalue weighted by Gasteiger charge is 2.22. The van der Waals surface area contributed by atoms with Crippen molar-refractivity contribution in [1.82, 2.24) is 19.8 Å². The second kappa shape index (κ2) is 10.4. The third-order valence-corrected chi connectivity index (χ3v) is 6.37. The number of morpholine rings is 1. The number of hydrogen-bond acceptors (Lipinski definition) is 5. The van der Waals surface area contributed by atoms with E-state index in [1.165, 1.54) is 17.2 Å². The quantitative estimate of drug-likeness (QED) is 0.403. The van der Waals surface area contributed by atoms with Crippen LogP contribution in [0.4, 0.5) is 0 Å². The van der Waals surface area contributed by atoms with Crippen molar-refractivity contribution < 1.29 is 13.9 Å². The van der Waals surface area contributed by atoms with Crippen molar-refractivity contribution in [1.29, 1.82) is 0 Å². The van der Waals surface area contributed by atoms with Gasteiger partial charge in [0, 0.05) is 48.3 Å². The SMILES string of the molecule is O=C(c1coc(CN(CCc2c[nH]c3ccccc23)Cc2ccc(Cl)cc2)n1)N1CCOCC1. The summed E-state index contributed by atoms with van der Waals surface area (Å²) in [6.45, 7) is 4.29. The molecule has 1 aliphatic rings. The van der Waals surface area contributed by atoms with Crippen molar-refractivity contribution in [2.75, 3.05) is 32.8 Å². The molecule has 2 aromatic heterocycles. The van der Waals surface area contributed by atoms with E-state index in [2.05, 4.69) is 39.3 Å². The Morgan fingerprint density at radius 2 is 1.88 bits per heavy atom. The van der Waals surface area contributed by atoms with Crippen LogP contribution >= 0.6 is 11.6 Å². The molecule has 1 saturated heterocycles. The van der Waals surface area contributed by atoms with Crippen LogP contribution < -0.4 is 0 Å². The molecule has 1 aliphatic heterocycles. The molecular formula is C26H27ClN4O3. The van der Waals surface area contributed by atoms with Gasteiger partial charge in [-0.2, -0.15) is 0 Å². The number of ether oxygens (including phenoxy) is 1. The van der Waals surface area contributed by atoms with Gasteiger partial charge in [0.1, 0.15) is 6.26 Å². The van der Waals surface area contributed by atoms with E-state index in [1.807, 2.05) is 30.3 Å². The predicted molar refractivity (Wildman–Crippen MR) is 131 cm³/mol. The number of benzene rings is 2. The van der Waals surface area contributed by atoms with Gasteiger partial charge in [-0.3, -0.25) is 9.69 Å². The van der Waals surface area contributed by atoms with Crippen molar-refractivity contribution in [3.05, 3.63) is 88.7 Å². The minimum absolute atomic E-state index is 0.110. The lowest BCUT2D eigenvalue weighted by Crippen LogP contribution is -2.40. The number of nitrogens with one attached hydrogen (secondary N) is 1. The summed E-state index contributed by atoms with van der Waals surface area (Å²) in [6.07, 6.45) is 4.42. The summed E-state index contributed by atoms with van der Waals surface area (Å²) in [5, 5.41) is 1.96. The summed E-state index contributed by atoms with van der Waals surface area (Å²) < 4.78 is 11.0. The number of halogens is 1. The standard InChI is InChI=1S/C26H27ClN4O3/c27-21-7-5-19(6-8-21)16-30(10-9-20-15-28-23-4-2-1-3-22(20)23)17-25-29-24(18-34-25)26(32)31-11-13-33-14-12-31/h1-8,15,18,28H,9-14,16-17H2. The van der Waals surface area contributed by atoms with Gasteiger partial charge in [-0.05, 0) is 35.7 Å². The first-order chi connectivity index (χ1) is 16.7. The van der Waals surface area contributed by atoms with Crippen LogP contribution in [-0.4, -0.2) is 58.5 Å². The van der Waals surface area contributed by atoms with Crippen LogP contribution in [0.2, 0.25) is 5.02 Å². The molecule has 2 aromatic carbocycles. The second-order valence-electron chi connectivity index (χ2n) is 8.48. The maximum atomic E-state index is 12.7. The first-order valence-electron chi connectivity index (χ1n) is 11.5. The normalized spacial score (nSPS) is 14.2. The van der Waals surface area contributed by atoms with Crippen molar-refractivity contribution in [2.45, 2.75) is 19.5 Å². The monoisotopic (exact) mass is 478 g/mol. The van der Waals surface area contributed by atoms with Crippen LogP contribution in [0.1, 0.15) is 27.5 Å². The molecule has 0 bridgehead atoms. The fraction of sp³-hybridized carbons (Fsp3) is 0.308. The van der Waals surface area contributed by atoms with Gasteiger partial charge in [0.2, 0.25) is 5.89 Å². The zero-order chi connectivity index (χ0) is 23.3. The van der Waals surface area contributed by atoms with Crippen molar-refractivity contribution >= 4 is 28.4 Å². The molecule has 0 radical (unpaired) electrons. The molecule has 0 atom stereocenters. The number of nitrogens with zero attached hydrogens (tertiary/aromatic N) is 3. The van der Waals surface area contributed by atoms with Gasteiger partial charge in [0.05, 0.1) is 19.8 Å². The molecule has 8 heteroatoms. The molecule has 3 heterocycles. The number of H-pyrrole nitrogens is 1. The third-order valence-electron chi connectivity index (χ3n) is 6.12. The molecule has 5 rings (SSSR count). The molecule has 7 nitrogen and oxygen atoms in total. The van der Waals surface area contributed by atoms with Crippen LogP contribution in [0.25, 0.3) is 10.9 Å². The van der Waals surface area contributed by atoms with Gasteiger partial charge < -0.3 is 19.0 Å². The molecule has 1 N–H and O–H groups in total. The Hall–Kier alpha value is -3.13. The summed E-state index contributed by atoms with van der Waals surface area (Å²) in [7, 11) is 0. The van der Waals surface area contributed by atoms with Gasteiger partial charge in [-0.1, -0.05) is 41.9 Å². The summed E-state index contributed by atoms with van der Waals surface area (Å²) >= 11 is 6.07. The Labute approximate surface area is 203 Å². The van der Waals surface area contributed by atoms with Gasteiger partial charge in [0.25, 0.3) is 5.91 Å².